The van der Waals surface area contributed by atoms with Crippen LogP contribution in [-0.2, 0) is 0 Å². The van der Waals surface area contributed by atoms with Crippen molar-refractivity contribution < 1.29 is 0 Å². The molecule has 1 N–H and O–H groups in total. The molecule has 2 rings (SSSR count). The number of aromatic nitrogens is 1. The fourth-order valence-corrected chi connectivity index (χ4v) is 3.79. The minimum Gasteiger partial charge on any atom is -0.310 e. The largest absolute Gasteiger partial charge is 0.310 e. The van der Waals surface area contributed by atoms with Crippen molar-refractivity contribution in [3.8, 4) is 0 Å². The van der Waals surface area contributed by atoms with Crippen molar-refractivity contribution in [3.63, 3.8) is 0 Å². The second kappa shape index (κ2) is 7.59. The van der Waals surface area contributed by atoms with Crippen molar-refractivity contribution in [2.45, 2.75) is 29.8 Å². The molecule has 1 unspecified atom stereocenters. The van der Waals surface area contributed by atoms with Crippen LogP contribution in [0.2, 0.25) is 0 Å². The number of benzene rings is 1. The van der Waals surface area contributed by atoms with E-state index in [9.17, 15) is 0 Å². The van der Waals surface area contributed by atoms with Gasteiger partial charge in [0, 0.05) is 26.1 Å². The average Bonchev–Trinajstić information content (AvgIpc) is 2.42. The van der Waals surface area contributed by atoms with E-state index in [0.717, 1.165) is 20.5 Å². The monoisotopic (exact) mass is 414 g/mol. The summed E-state index contributed by atoms with van der Waals surface area (Å²) in [6.45, 7) is 5.26. The van der Waals surface area contributed by atoms with Gasteiger partial charge in [0.1, 0.15) is 5.03 Å². The zero-order chi connectivity index (χ0) is 14.5. The van der Waals surface area contributed by atoms with Crippen LogP contribution in [0.4, 0.5) is 0 Å². The van der Waals surface area contributed by atoms with Crippen LogP contribution in [0.3, 0.4) is 0 Å². The molecule has 0 aliphatic carbocycles. The first-order valence-electron chi connectivity index (χ1n) is 6.42. The lowest BCUT2D eigenvalue weighted by molar-refractivity contribution is 0.595. The van der Waals surface area contributed by atoms with E-state index >= 15 is 0 Å². The summed E-state index contributed by atoms with van der Waals surface area (Å²) in [5, 5.41) is 4.42. The Morgan fingerprint density at radius 2 is 2.05 bits per heavy atom. The number of nitrogens with one attached hydrogen (secondary N) is 1. The molecule has 0 spiro atoms. The van der Waals surface area contributed by atoms with E-state index in [2.05, 4.69) is 74.2 Å². The maximum Gasteiger partial charge on any atom is 0.101 e. The van der Waals surface area contributed by atoms with Crippen molar-refractivity contribution >= 4 is 43.6 Å². The Bertz CT molecular complexity index is 573. The molecule has 5 heteroatoms. The van der Waals surface area contributed by atoms with Crippen LogP contribution in [0.25, 0.3) is 0 Å². The molecule has 1 aromatic carbocycles. The zero-order valence-corrected chi connectivity index (χ0v) is 15.3. The second-order valence-electron chi connectivity index (χ2n) is 4.38. The predicted molar refractivity (Wildman–Crippen MR) is 92.3 cm³/mol. The molecule has 0 bridgehead atoms. The first-order chi connectivity index (χ1) is 9.60. The Balaban J connectivity index is 2.14. The maximum atomic E-state index is 4.38. The van der Waals surface area contributed by atoms with Crippen LogP contribution in [0, 0.1) is 0 Å². The Hall–Kier alpha value is -0.360. The molecular weight excluding hydrogens is 400 g/mol. The molecule has 0 saturated carbocycles. The smallest absolute Gasteiger partial charge is 0.101 e. The van der Waals surface area contributed by atoms with E-state index in [-0.39, 0.29) is 0 Å². The lowest BCUT2D eigenvalue weighted by atomic mass is 10.1. The van der Waals surface area contributed by atoms with Crippen LogP contribution in [0.5, 0.6) is 0 Å². The molecule has 1 aromatic heterocycles. The van der Waals surface area contributed by atoms with Crippen molar-refractivity contribution in [2.24, 2.45) is 0 Å². The zero-order valence-electron chi connectivity index (χ0n) is 11.4. The molecule has 0 radical (unpaired) electrons. The number of hydrogen-bond acceptors (Lipinski definition) is 3. The Morgan fingerprint density at radius 1 is 1.25 bits per heavy atom. The Labute approximate surface area is 141 Å². The normalized spacial score (nSPS) is 12.4. The van der Waals surface area contributed by atoms with Crippen molar-refractivity contribution in [2.75, 3.05) is 6.54 Å². The van der Waals surface area contributed by atoms with Gasteiger partial charge in [-0.15, -0.1) is 0 Å². The SMILES string of the molecule is CCNC(C)c1ccc(Sc2ccc(Br)cn2)cc1Br. The van der Waals surface area contributed by atoms with Crippen molar-refractivity contribution in [3.05, 3.63) is 51.0 Å². The highest BCUT2D eigenvalue weighted by Crippen LogP contribution is 2.32. The summed E-state index contributed by atoms with van der Waals surface area (Å²) in [6, 6.07) is 10.8. The van der Waals surface area contributed by atoms with Gasteiger partial charge in [-0.25, -0.2) is 4.98 Å². The highest BCUT2D eigenvalue weighted by atomic mass is 79.9. The standard InChI is InChI=1S/C15H16Br2N2S/c1-3-18-10(2)13-6-5-12(8-14(13)17)20-15-7-4-11(16)9-19-15/h4-10,18H,3H2,1-2H3. The summed E-state index contributed by atoms with van der Waals surface area (Å²) in [7, 11) is 0. The van der Waals surface area contributed by atoms with E-state index < -0.39 is 0 Å². The van der Waals surface area contributed by atoms with E-state index in [1.54, 1.807) is 11.8 Å². The second-order valence-corrected chi connectivity index (χ2v) is 7.24. The topological polar surface area (TPSA) is 24.9 Å². The molecule has 0 aliphatic rings. The molecule has 20 heavy (non-hydrogen) atoms. The quantitative estimate of drug-likeness (QED) is 0.704. The highest BCUT2D eigenvalue weighted by Gasteiger charge is 2.09. The number of rotatable bonds is 5. The number of nitrogens with zero attached hydrogens (tertiary/aromatic N) is 1. The summed E-state index contributed by atoms with van der Waals surface area (Å²) in [6.07, 6.45) is 1.82. The lowest BCUT2D eigenvalue weighted by Crippen LogP contribution is -2.17. The van der Waals surface area contributed by atoms with Gasteiger partial charge in [-0.1, -0.05) is 40.7 Å². The predicted octanol–water partition coefficient (Wildman–Crippen LogP) is 5.43. The van der Waals surface area contributed by atoms with Crippen molar-refractivity contribution in [1.29, 1.82) is 0 Å². The third kappa shape index (κ3) is 4.32. The minimum absolute atomic E-state index is 0.347. The van der Waals surface area contributed by atoms with Gasteiger partial charge in [-0.3, -0.25) is 0 Å². The highest BCUT2D eigenvalue weighted by molar-refractivity contribution is 9.10. The summed E-state index contributed by atoms with van der Waals surface area (Å²) in [4.78, 5) is 5.56. The van der Waals surface area contributed by atoms with Gasteiger partial charge in [-0.2, -0.15) is 0 Å². The molecule has 0 fully saturated rings. The molecule has 0 aliphatic heterocycles. The molecular formula is C15H16Br2N2S. The maximum absolute atomic E-state index is 4.38. The number of halogens is 2. The first-order valence-corrected chi connectivity index (χ1v) is 8.82. The fourth-order valence-electron chi connectivity index (χ4n) is 1.88. The van der Waals surface area contributed by atoms with Crippen LogP contribution in [0.1, 0.15) is 25.5 Å². The van der Waals surface area contributed by atoms with Gasteiger partial charge < -0.3 is 5.32 Å². The Morgan fingerprint density at radius 3 is 2.65 bits per heavy atom. The average molecular weight is 416 g/mol. The molecule has 106 valence electrons. The van der Waals surface area contributed by atoms with Gasteiger partial charge >= 0.3 is 0 Å². The molecule has 0 amide bonds. The van der Waals surface area contributed by atoms with Gasteiger partial charge in [0.05, 0.1) is 0 Å². The molecule has 2 nitrogen and oxygen atoms in total. The first kappa shape index (κ1) is 16.0. The third-order valence-corrected chi connectivity index (χ3v) is 4.97. The van der Waals surface area contributed by atoms with Gasteiger partial charge in [0.25, 0.3) is 0 Å². The molecule has 0 saturated heterocycles. The van der Waals surface area contributed by atoms with E-state index in [1.807, 2.05) is 18.3 Å². The molecule has 2 aromatic rings. The Kier molecular flexibility index (Phi) is 6.08. The minimum atomic E-state index is 0.347. The van der Waals surface area contributed by atoms with E-state index in [4.69, 9.17) is 0 Å². The number of hydrogen-bond donors (Lipinski definition) is 1. The molecule has 1 heterocycles. The summed E-state index contributed by atoms with van der Waals surface area (Å²) >= 11 is 8.72. The van der Waals surface area contributed by atoms with Crippen LogP contribution in [-0.4, -0.2) is 11.5 Å². The van der Waals surface area contributed by atoms with Crippen LogP contribution < -0.4 is 5.32 Å². The van der Waals surface area contributed by atoms with Crippen molar-refractivity contribution in [1.82, 2.24) is 10.3 Å². The van der Waals surface area contributed by atoms with E-state index in [0.29, 0.717) is 6.04 Å². The summed E-state index contributed by atoms with van der Waals surface area (Å²) < 4.78 is 2.13. The molecule has 1 atom stereocenters. The van der Waals surface area contributed by atoms with Crippen LogP contribution in [0.15, 0.2) is 55.4 Å². The van der Waals surface area contributed by atoms with E-state index in [1.165, 1.54) is 10.5 Å². The summed E-state index contributed by atoms with van der Waals surface area (Å²) in [5.74, 6) is 0. The summed E-state index contributed by atoms with van der Waals surface area (Å²) in [5.41, 5.74) is 1.28. The lowest BCUT2D eigenvalue weighted by Gasteiger charge is -2.15. The van der Waals surface area contributed by atoms with Gasteiger partial charge in [-0.05, 0) is 59.2 Å². The number of pyridine rings is 1. The van der Waals surface area contributed by atoms with Gasteiger partial charge in [0.2, 0.25) is 0 Å². The van der Waals surface area contributed by atoms with Crippen LogP contribution >= 0.6 is 43.6 Å². The van der Waals surface area contributed by atoms with Gasteiger partial charge in [0.15, 0.2) is 0 Å². The third-order valence-electron chi connectivity index (χ3n) is 2.87. The fraction of sp³-hybridized carbons (Fsp3) is 0.267.